The molecule has 4 N–H and O–H groups in total. The third-order valence-electron chi connectivity index (χ3n) is 6.76. The predicted octanol–water partition coefficient (Wildman–Crippen LogP) is 3.37. The van der Waals surface area contributed by atoms with Crippen LogP contribution in [0.5, 0.6) is 0 Å². The van der Waals surface area contributed by atoms with E-state index >= 15 is 0 Å². The van der Waals surface area contributed by atoms with Crippen LogP contribution in [0.1, 0.15) is 27.5 Å². The molecule has 1 atom stereocenters. The SMILES string of the molecule is NC(=O)c1[nH]c2ccc(Br)cc2c1S(=O)(=O)N1CCOC(C(=O)NCC(c2ccccc2)c2ccccc2)C1. The van der Waals surface area contributed by atoms with E-state index in [1.165, 1.54) is 4.31 Å². The number of primary amides is 1. The number of carbonyl (C=O) groups excluding carboxylic acids is 2. The Morgan fingerprint density at radius 3 is 2.31 bits per heavy atom. The predicted molar refractivity (Wildman–Crippen MR) is 151 cm³/mol. The standard InChI is InChI=1S/C28H27BrN4O5S/c29-20-11-12-23-21(15-20)26(25(32-23)27(30)34)39(36,37)33-13-14-38-24(17-33)28(35)31-16-22(18-7-3-1-4-8-18)19-9-5-2-6-10-19/h1-12,15,22,24,32H,13-14,16-17H2,(H2,30,34)(H,31,35). The van der Waals surface area contributed by atoms with Crippen molar-refractivity contribution in [2.45, 2.75) is 16.9 Å². The van der Waals surface area contributed by atoms with Crippen LogP contribution >= 0.6 is 15.9 Å². The molecule has 1 aromatic heterocycles. The van der Waals surface area contributed by atoms with Crippen molar-refractivity contribution in [3.05, 3.63) is 100 Å². The molecular formula is C28H27BrN4O5S. The van der Waals surface area contributed by atoms with Crippen LogP contribution in [0.15, 0.2) is 88.2 Å². The van der Waals surface area contributed by atoms with Gasteiger partial charge in [-0.25, -0.2) is 8.42 Å². The Hall–Kier alpha value is -3.51. The highest BCUT2D eigenvalue weighted by Gasteiger charge is 2.38. The highest BCUT2D eigenvalue weighted by Crippen LogP contribution is 2.32. The summed E-state index contributed by atoms with van der Waals surface area (Å²) in [6.45, 7) is 0.161. The van der Waals surface area contributed by atoms with Gasteiger partial charge in [-0.2, -0.15) is 4.31 Å². The topological polar surface area (TPSA) is 135 Å². The first-order valence-corrected chi connectivity index (χ1v) is 14.6. The van der Waals surface area contributed by atoms with Gasteiger partial charge in [0.1, 0.15) is 16.7 Å². The number of carbonyl (C=O) groups is 2. The molecule has 1 fully saturated rings. The summed E-state index contributed by atoms with van der Waals surface area (Å²) < 4.78 is 35.1. The van der Waals surface area contributed by atoms with Crippen LogP contribution in [0.25, 0.3) is 10.9 Å². The van der Waals surface area contributed by atoms with Crippen LogP contribution in [0.2, 0.25) is 0 Å². The number of nitrogens with two attached hydrogens (primary N) is 1. The van der Waals surface area contributed by atoms with Gasteiger partial charge in [-0.05, 0) is 29.3 Å². The zero-order valence-electron chi connectivity index (χ0n) is 20.8. The molecule has 202 valence electrons. The molecule has 0 radical (unpaired) electrons. The highest BCUT2D eigenvalue weighted by atomic mass is 79.9. The summed E-state index contributed by atoms with van der Waals surface area (Å²) in [6, 6.07) is 24.7. The number of H-pyrrole nitrogens is 1. The summed E-state index contributed by atoms with van der Waals surface area (Å²) in [5.74, 6) is -1.40. The van der Waals surface area contributed by atoms with Crippen LogP contribution < -0.4 is 11.1 Å². The number of benzene rings is 3. The van der Waals surface area contributed by atoms with Crippen molar-refractivity contribution in [3.8, 4) is 0 Å². The van der Waals surface area contributed by atoms with Gasteiger partial charge >= 0.3 is 0 Å². The molecule has 1 saturated heterocycles. The van der Waals surface area contributed by atoms with Crippen LogP contribution in [0.4, 0.5) is 0 Å². The lowest BCUT2D eigenvalue weighted by Gasteiger charge is -2.32. The van der Waals surface area contributed by atoms with Crippen molar-refractivity contribution >= 4 is 48.7 Å². The summed E-state index contributed by atoms with van der Waals surface area (Å²) in [6.07, 6.45) is -1.02. The number of morpholine rings is 1. The molecule has 0 bridgehead atoms. The van der Waals surface area contributed by atoms with Crippen molar-refractivity contribution in [2.75, 3.05) is 26.2 Å². The number of aromatic amines is 1. The Morgan fingerprint density at radius 1 is 1.05 bits per heavy atom. The number of ether oxygens (including phenoxy) is 1. The van der Waals surface area contributed by atoms with Crippen LogP contribution in [-0.2, 0) is 19.6 Å². The lowest BCUT2D eigenvalue weighted by atomic mass is 9.91. The average molecular weight is 612 g/mol. The van der Waals surface area contributed by atoms with E-state index in [-0.39, 0.29) is 36.2 Å². The summed E-state index contributed by atoms with van der Waals surface area (Å²) in [5.41, 5.74) is 7.87. The van der Waals surface area contributed by atoms with Gasteiger partial charge in [0, 0.05) is 40.9 Å². The maximum atomic E-state index is 13.8. The zero-order valence-corrected chi connectivity index (χ0v) is 23.2. The minimum absolute atomic E-state index is 0.0239. The van der Waals surface area contributed by atoms with E-state index in [0.29, 0.717) is 21.9 Å². The highest BCUT2D eigenvalue weighted by molar-refractivity contribution is 9.10. The maximum absolute atomic E-state index is 13.8. The molecule has 11 heteroatoms. The second kappa shape index (κ2) is 11.3. The van der Waals surface area contributed by atoms with Gasteiger partial charge in [-0.1, -0.05) is 76.6 Å². The number of halogens is 1. The Labute approximate surface area is 234 Å². The first-order valence-electron chi connectivity index (χ1n) is 12.4. The maximum Gasteiger partial charge on any atom is 0.266 e. The summed E-state index contributed by atoms with van der Waals surface area (Å²) >= 11 is 3.36. The molecule has 4 aromatic rings. The molecule has 9 nitrogen and oxygen atoms in total. The number of hydrogen-bond donors (Lipinski definition) is 3. The molecule has 5 rings (SSSR count). The third kappa shape index (κ3) is 5.62. The van der Waals surface area contributed by atoms with Crippen LogP contribution in [0, 0.1) is 0 Å². The van der Waals surface area contributed by atoms with Gasteiger partial charge in [0.2, 0.25) is 10.0 Å². The fourth-order valence-corrected chi connectivity index (χ4v) is 6.95. The van der Waals surface area contributed by atoms with Gasteiger partial charge in [0.25, 0.3) is 11.8 Å². The Morgan fingerprint density at radius 2 is 1.69 bits per heavy atom. The lowest BCUT2D eigenvalue weighted by molar-refractivity contribution is -0.136. The quantitative estimate of drug-likeness (QED) is 0.281. The normalized spacial score (nSPS) is 16.4. The van der Waals surface area contributed by atoms with E-state index in [1.54, 1.807) is 18.2 Å². The molecule has 1 aliphatic heterocycles. The molecule has 2 heterocycles. The van der Waals surface area contributed by atoms with Crippen molar-refractivity contribution < 1.29 is 22.7 Å². The Balaban J connectivity index is 1.36. The first kappa shape index (κ1) is 27.1. The molecule has 3 aromatic carbocycles. The molecule has 0 aliphatic carbocycles. The van der Waals surface area contributed by atoms with Gasteiger partial charge < -0.3 is 20.8 Å². The first-order chi connectivity index (χ1) is 18.8. The number of amides is 2. The average Bonchev–Trinajstić information content (AvgIpc) is 3.34. The van der Waals surface area contributed by atoms with E-state index in [0.717, 1.165) is 11.1 Å². The fraction of sp³-hybridized carbons (Fsp3) is 0.214. The molecule has 39 heavy (non-hydrogen) atoms. The van der Waals surface area contributed by atoms with Gasteiger partial charge in [0.05, 0.1) is 6.61 Å². The molecular weight excluding hydrogens is 584 g/mol. The second-order valence-corrected chi connectivity index (χ2v) is 12.0. The fourth-order valence-electron chi connectivity index (χ4n) is 4.83. The lowest BCUT2D eigenvalue weighted by Crippen LogP contribution is -2.52. The number of sulfonamides is 1. The van der Waals surface area contributed by atoms with Gasteiger partial charge in [0.15, 0.2) is 0 Å². The summed E-state index contributed by atoms with van der Waals surface area (Å²) in [7, 11) is -4.20. The molecule has 1 aliphatic rings. The zero-order chi connectivity index (χ0) is 27.6. The summed E-state index contributed by atoms with van der Waals surface area (Å²) in [5, 5.41) is 3.28. The van der Waals surface area contributed by atoms with E-state index < -0.39 is 27.9 Å². The number of nitrogens with one attached hydrogen (secondary N) is 2. The number of hydrogen-bond acceptors (Lipinski definition) is 5. The number of rotatable bonds is 8. The second-order valence-electron chi connectivity index (χ2n) is 9.22. The van der Waals surface area contributed by atoms with Gasteiger partial charge in [-0.15, -0.1) is 0 Å². The number of nitrogens with zero attached hydrogens (tertiary/aromatic N) is 1. The van der Waals surface area contributed by atoms with Crippen LogP contribution in [0.3, 0.4) is 0 Å². The van der Waals surface area contributed by atoms with Crippen LogP contribution in [-0.4, -0.2) is 61.9 Å². The van der Waals surface area contributed by atoms with Gasteiger partial charge in [-0.3, -0.25) is 9.59 Å². The van der Waals surface area contributed by atoms with Crippen molar-refractivity contribution in [3.63, 3.8) is 0 Å². The van der Waals surface area contributed by atoms with Crippen molar-refractivity contribution in [2.24, 2.45) is 5.73 Å². The van der Waals surface area contributed by atoms with E-state index in [1.807, 2.05) is 60.7 Å². The van der Waals surface area contributed by atoms with E-state index in [2.05, 4.69) is 26.2 Å². The minimum atomic E-state index is -4.20. The van der Waals surface area contributed by atoms with E-state index in [9.17, 15) is 18.0 Å². The minimum Gasteiger partial charge on any atom is -0.366 e. The molecule has 0 spiro atoms. The molecule has 1 unspecified atom stereocenters. The smallest absolute Gasteiger partial charge is 0.266 e. The number of aromatic nitrogens is 1. The largest absolute Gasteiger partial charge is 0.366 e. The summed E-state index contributed by atoms with van der Waals surface area (Å²) in [4.78, 5) is 28.0. The third-order valence-corrected chi connectivity index (χ3v) is 9.21. The van der Waals surface area contributed by atoms with E-state index in [4.69, 9.17) is 10.5 Å². The number of fused-ring (bicyclic) bond motifs is 1. The van der Waals surface area contributed by atoms with Crippen molar-refractivity contribution in [1.82, 2.24) is 14.6 Å². The monoisotopic (exact) mass is 610 g/mol. The molecule has 2 amide bonds. The van der Waals surface area contributed by atoms with Crippen molar-refractivity contribution in [1.29, 1.82) is 0 Å². The Bertz CT molecular complexity index is 1570. The molecule has 0 saturated carbocycles. The Kier molecular flexibility index (Phi) is 7.85.